The van der Waals surface area contributed by atoms with Gasteiger partial charge in [-0.15, -0.1) is 0 Å². The highest BCUT2D eigenvalue weighted by atomic mass is 16.5. The lowest BCUT2D eigenvalue weighted by molar-refractivity contribution is -0.157. The molecular formula is C20H23NO3. The molecule has 126 valence electrons. The third-order valence-electron chi connectivity index (χ3n) is 6.34. The summed E-state index contributed by atoms with van der Waals surface area (Å²) in [6.07, 6.45) is 2.26. The van der Waals surface area contributed by atoms with Crippen LogP contribution < -0.4 is 0 Å². The Morgan fingerprint density at radius 2 is 2.00 bits per heavy atom. The van der Waals surface area contributed by atoms with Crippen LogP contribution in [0.15, 0.2) is 24.3 Å². The second-order valence-electron chi connectivity index (χ2n) is 7.73. The summed E-state index contributed by atoms with van der Waals surface area (Å²) in [7, 11) is 3.35. The number of carbonyl (C=O) groups is 2. The van der Waals surface area contributed by atoms with E-state index in [1.165, 1.54) is 7.11 Å². The molecule has 4 rings (SSSR count). The van der Waals surface area contributed by atoms with Crippen LogP contribution in [0, 0.1) is 5.92 Å². The fraction of sp³-hybridized carbons (Fsp3) is 0.500. The molecule has 2 aliphatic carbocycles. The average molecular weight is 325 g/mol. The summed E-state index contributed by atoms with van der Waals surface area (Å²) < 4.78 is 7.18. The van der Waals surface area contributed by atoms with E-state index in [9.17, 15) is 9.59 Å². The number of Topliss-reactive ketones (excluding diaryl/α,β-unsaturated/α-hetero) is 1. The van der Waals surface area contributed by atoms with E-state index >= 15 is 0 Å². The monoisotopic (exact) mass is 325 g/mol. The Kier molecular flexibility index (Phi) is 3.03. The number of esters is 1. The third-order valence-corrected chi connectivity index (χ3v) is 6.34. The summed E-state index contributed by atoms with van der Waals surface area (Å²) in [6.45, 7) is 4.29. The Hall–Kier alpha value is -2.10. The molecule has 2 aromatic rings. The molecule has 1 fully saturated rings. The van der Waals surface area contributed by atoms with Gasteiger partial charge in [0.15, 0.2) is 11.2 Å². The first kappa shape index (κ1) is 15.4. The molecule has 4 nitrogen and oxygen atoms in total. The summed E-state index contributed by atoms with van der Waals surface area (Å²) in [5.41, 5.74) is 1.64. The molecule has 0 radical (unpaired) electrons. The van der Waals surface area contributed by atoms with Crippen molar-refractivity contribution in [2.75, 3.05) is 7.11 Å². The van der Waals surface area contributed by atoms with Gasteiger partial charge in [0.25, 0.3) is 0 Å². The van der Waals surface area contributed by atoms with Gasteiger partial charge in [0, 0.05) is 35.0 Å². The number of benzene rings is 1. The molecule has 0 N–H and O–H groups in total. The highest BCUT2D eigenvalue weighted by Gasteiger charge is 2.63. The molecule has 24 heavy (non-hydrogen) atoms. The Balaban J connectivity index is 2.20. The molecule has 1 aromatic carbocycles. The number of fused-ring (bicyclic) bond motifs is 6. The molecule has 2 bridgehead atoms. The largest absolute Gasteiger partial charge is 0.468 e. The Labute approximate surface area is 141 Å². The minimum absolute atomic E-state index is 0.0454. The number of carbonyl (C=O) groups excluding carboxylic acids is 2. The van der Waals surface area contributed by atoms with Gasteiger partial charge in [-0.3, -0.25) is 9.59 Å². The van der Waals surface area contributed by atoms with Crippen LogP contribution in [0.4, 0.5) is 0 Å². The Bertz CT molecular complexity index is 876. The molecule has 0 aliphatic heterocycles. The molecule has 0 spiro atoms. The normalized spacial score (nSPS) is 27.8. The van der Waals surface area contributed by atoms with E-state index in [4.69, 9.17) is 4.74 Å². The maximum absolute atomic E-state index is 13.4. The lowest BCUT2D eigenvalue weighted by Gasteiger charge is -2.49. The van der Waals surface area contributed by atoms with Gasteiger partial charge in [-0.2, -0.15) is 0 Å². The predicted octanol–water partition coefficient (Wildman–Crippen LogP) is 3.25. The first-order chi connectivity index (χ1) is 11.4. The van der Waals surface area contributed by atoms with Gasteiger partial charge in [0.1, 0.15) is 0 Å². The number of nitrogens with zero attached hydrogens (tertiary/aromatic N) is 1. The van der Waals surface area contributed by atoms with Crippen LogP contribution in [0.2, 0.25) is 0 Å². The Morgan fingerprint density at radius 3 is 2.71 bits per heavy atom. The molecule has 1 heterocycles. The zero-order valence-electron chi connectivity index (χ0n) is 14.7. The summed E-state index contributed by atoms with van der Waals surface area (Å²) >= 11 is 0. The van der Waals surface area contributed by atoms with E-state index < -0.39 is 11.4 Å². The third kappa shape index (κ3) is 1.54. The SMILES string of the molecule is COC(=O)[C@@]12CCC[C@@H](C1=O)C(C)(C)c1c2n(C)c2ccccc12. The minimum Gasteiger partial charge on any atom is -0.468 e. The molecule has 4 heteroatoms. The van der Waals surface area contributed by atoms with Crippen molar-refractivity contribution in [3.05, 3.63) is 35.5 Å². The van der Waals surface area contributed by atoms with Crippen molar-refractivity contribution < 1.29 is 14.3 Å². The highest BCUT2D eigenvalue weighted by Crippen LogP contribution is 2.56. The highest BCUT2D eigenvalue weighted by molar-refractivity contribution is 6.14. The quantitative estimate of drug-likeness (QED) is 0.597. The van der Waals surface area contributed by atoms with Crippen molar-refractivity contribution in [3.8, 4) is 0 Å². The van der Waals surface area contributed by atoms with E-state index in [0.29, 0.717) is 6.42 Å². The first-order valence-electron chi connectivity index (χ1n) is 8.58. The molecule has 2 atom stereocenters. The van der Waals surface area contributed by atoms with E-state index in [-0.39, 0.29) is 17.1 Å². The van der Waals surface area contributed by atoms with Gasteiger partial charge >= 0.3 is 5.97 Å². The topological polar surface area (TPSA) is 48.3 Å². The van der Waals surface area contributed by atoms with Crippen LogP contribution in [0.5, 0.6) is 0 Å². The first-order valence-corrected chi connectivity index (χ1v) is 8.58. The molecule has 0 unspecified atom stereocenters. The number of hydrogen-bond acceptors (Lipinski definition) is 3. The van der Waals surface area contributed by atoms with Gasteiger partial charge in [-0.25, -0.2) is 0 Å². The predicted molar refractivity (Wildman–Crippen MR) is 92.0 cm³/mol. The van der Waals surface area contributed by atoms with Gasteiger partial charge in [-0.05, 0) is 24.5 Å². The average Bonchev–Trinajstić information content (AvgIpc) is 2.87. The molecule has 0 amide bonds. The minimum atomic E-state index is -1.14. The number of rotatable bonds is 1. The maximum atomic E-state index is 13.4. The number of aromatic nitrogens is 1. The van der Waals surface area contributed by atoms with E-state index in [2.05, 4.69) is 26.0 Å². The number of methoxy groups -OCH3 is 1. The standard InChI is InChI=1S/C20H23NO3/c1-19(2)13-9-7-11-20(17(13)22,18(23)24-4)16-15(19)12-8-5-6-10-14(12)21(16)3/h5-6,8,10,13H,7,9,11H2,1-4H3/t13-,20+/m0/s1. The number of ether oxygens (including phenoxy) is 1. The molecule has 2 aliphatic rings. The molecule has 1 saturated carbocycles. The number of ketones is 1. The van der Waals surface area contributed by atoms with Crippen molar-refractivity contribution in [3.63, 3.8) is 0 Å². The second-order valence-corrected chi connectivity index (χ2v) is 7.73. The van der Waals surface area contributed by atoms with Crippen LogP contribution in [0.25, 0.3) is 10.9 Å². The smallest absolute Gasteiger partial charge is 0.325 e. The van der Waals surface area contributed by atoms with Crippen molar-refractivity contribution >= 4 is 22.7 Å². The molecule has 1 aromatic heterocycles. The zero-order valence-corrected chi connectivity index (χ0v) is 14.7. The van der Waals surface area contributed by atoms with Gasteiger partial charge in [0.2, 0.25) is 0 Å². The number of aryl methyl sites for hydroxylation is 1. The summed E-state index contributed by atoms with van der Waals surface area (Å²) in [5, 5.41) is 1.15. The van der Waals surface area contributed by atoms with Crippen LogP contribution in [0.3, 0.4) is 0 Å². The Morgan fingerprint density at radius 1 is 1.29 bits per heavy atom. The van der Waals surface area contributed by atoms with Crippen molar-refractivity contribution in [1.82, 2.24) is 4.57 Å². The summed E-state index contributed by atoms with van der Waals surface area (Å²) in [5.74, 6) is -0.493. The summed E-state index contributed by atoms with van der Waals surface area (Å²) in [4.78, 5) is 26.3. The van der Waals surface area contributed by atoms with Crippen LogP contribution in [-0.2, 0) is 32.2 Å². The van der Waals surface area contributed by atoms with Crippen LogP contribution in [0.1, 0.15) is 44.4 Å². The lowest BCUT2D eigenvalue weighted by Crippen LogP contribution is -2.59. The second kappa shape index (κ2) is 4.71. The van der Waals surface area contributed by atoms with E-state index in [1.54, 1.807) is 0 Å². The zero-order chi connectivity index (χ0) is 17.3. The molecular weight excluding hydrogens is 302 g/mol. The van der Waals surface area contributed by atoms with Gasteiger partial charge < -0.3 is 9.30 Å². The number of hydrogen-bond donors (Lipinski definition) is 0. The lowest BCUT2D eigenvalue weighted by atomic mass is 9.52. The van der Waals surface area contributed by atoms with Crippen LogP contribution >= 0.6 is 0 Å². The van der Waals surface area contributed by atoms with Crippen molar-refractivity contribution in [1.29, 1.82) is 0 Å². The van der Waals surface area contributed by atoms with Crippen molar-refractivity contribution in [2.45, 2.75) is 43.9 Å². The van der Waals surface area contributed by atoms with E-state index in [0.717, 1.165) is 35.0 Å². The fourth-order valence-corrected chi connectivity index (χ4v) is 5.24. The summed E-state index contributed by atoms with van der Waals surface area (Å²) in [6, 6.07) is 8.19. The maximum Gasteiger partial charge on any atom is 0.325 e. The number of para-hydroxylation sites is 1. The fourth-order valence-electron chi connectivity index (χ4n) is 5.24. The van der Waals surface area contributed by atoms with Gasteiger partial charge in [0.05, 0.1) is 7.11 Å². The van der Waals surface area contributed by atoms with Crippen molar-refractivity contribution in [2.24, 2.45) is 13.0 Å². The van der Waals surface area contributed by atoms with Gasteiger partial charge in [-0.1, -0.05) is 38.5 Å². The van der Waals surface area contributed by atoms with E-state index in [1.807, 2.05) is 23.7 Å². The molecule has 0 saturated heterocycles. The van der Waals surface area contributed by atoms with Crippen LogP contribution in [-0.4, -0.2) is 23.4 Å².